The summed E-state index contributed by atoms with van der Waals surface area (Å²) in [5.41, 5.74) is 0.174. The van der Waals surface area contributed by atoms with Crippen molar-refractivity contribution >= 4 is 23.2 Å². The van der Waals surface area contributed by atoms with Crippen LogP contribution in [0.3, 0.4) is 0 Å². The topological polar surface area (TPSA) is 66.4 Å². The van der Waals surface area contributed by atoms with Crippen molar-refractivity contribution in [3.63, 3.8) is 0 Å². The van der Waals surface area contributed by atoms with Gasteiger partial charge in [0.1, 0.15) is 0 Å². The van der Waals surface area contributed by atoms with Gasteiger partial charge in [0.05, 0.1) is 11.3 Å². The smallest absolute Gasteiger partial charge is 0.305 e. The number of thiophene rings is 1. The minimum atomic E-state index is -0.923. The highest BCUT2D eigenvalue weighted by Gasteiger charge is 2.25. The Labute approximate surface area is 98.3 Å². The molecule has 0 aliphatic rings. The highest BCUT2D eigenvalue weighted by molar-refractivity contribution is 7.12. The summed E-state index contributed by atoms with van der Waals surface area (Å²) in [5.74, 6) is -1.13. The third-order valence-electron chi connectivity index (χ3n) is 2.11. The molecule has 0 atom stereocenters. The van der Waals surface area contributed by atoms with Gasteiger partial charge >= 0.3 is 5.97 Å². The minimum absolute atomic E-state index is 0.0941. The molecule has 0 saturated carbocycles. The molecule has 0 saturated heterocycles. The molecule has 1 aromatic rings. The molecule has 0 unspecified atom stereocenters. The number of carbonyl (C=O) groups excluding carboxylic acids is 1. The molecule has 88 valence electrons. The molecule has 0 spiro atoms. The van der Waals surface area contributed by atoms with Gasteiger partial charge in [-0.15, -0.1) is 11.3 Å². The zero-order valence-electron chi connectivity index (χ0n) is 9.53. The summed E-state index contributed by atoms with van der Waals surface area (Å²) < 4.78 is 0. The first-order valence-corrected chi connectivity index (χ1v) is 5.78. The van der Waals surface area contributed by atoms with E-state index in [1.165, 1.54) is 11.3 Å². The van der Waals surface area contributed by atoms with E-state index in [1.807, 2.05) is 18.4 Å². The number of aliphatic carboxylic acids is 1. The molecule has 16 heavy (non-hydrogen) atoms. The zero-order chi connectivity index (χ0) is 12.3. The molecule has 1 heterocycles. The fraction of sp³-hybridized carbons (Fsp3) is 0.455. The number of carboxylic acid groups (broad SMARTS) is 1. The molecular formula is C11H15NO3S. The Kier molecular flexibility index (Phi) is 3.70. The summed E-state index contributed by atoms with van der Waals surface area (Å²) in [6.07, 6.45) is -0.0941. The van der Waals surface area contributed by atoms with E-state index in [1.54, 1.807) is 13.8 Å². The third kappa shape index (κ3) is 3.34. The Bertz CT molecular complexity index is 409. The van der Waals surface area contributed by atoms with Crippen LogP contribution in [0.4, 0.5) is 0 Å². The number of amides is 1. The van der Waals surface area contributed by atoms with Gasteiger partial charge in [0.2, 0.25) is 0 Å². The second kappa shape index (κ2) is 4.65. The van der Waals surface area contributed by atoms with Crippen LogP contribution in [0.25, 0.3) is 0 Å². The summed E-state index contributed by atoms with van der Waals surface area (Å²) in [6.45, 7) is 5.25. The minimum Gasteiger partial charge on any atom is -0.481 e. The second-order valence-electron chi connectivity index (χ2n) is 4.34. The lowest BCUT2D eigenvalue weighted by Crippen LogP contribution is -2.44. The van der Waals surface area contributed by atoms with Crippen LogP contribution in [-0.2, 0) is 4.79 Å². The SMILES string of the molecule is Cc1ccsc1C(=O)NC(C)(C)CC(=O)O. The summed E-state index contributed by atoms with van der Waals surface area (Å²) in [4.78, 5) is 23.1. The van der Waals surface area contributed by atoms with Crippen LogP contribution in [0.15, 0.2) is 11.4 Å². The fourth-order valence-corrected chi connectivity index (χ4v) is 2.21. The molecule has 4 nitrogen and oxygen atoms in total. The first-order chi connectivity index (χ1) is 7.32. The van der Waals surface area contributed by atoms with Crippen LogP contribution >= 0.6 is 11.3 Å². The molecule has 0 bridgehead atoms. The van der Waals surface area contributed by atoms with Crippen molar-refractivity contribution < 1.29 is 14.7 Å². The Morgan fingerprint density at radius 3 is 2.56 bits per heavy atom. The number of carbonyl (C=O) groups is 2. The summed E-state index contributed by atoms with van der Waals surface area (Å²) in [7, 11) is 0. The molecule has 5 heteroatoms. The maximum atomic E-state index is 11.8. The van der Waals surface area contributed by atoms with Gasteiger partial charge in [0, 0.05) is 5.54 Å². The van der Waals surface area contributed by atoms with E-state index in [4.69, 9.17) is 5.11 Å². The molecular weight excluding hydrogens is 226 g/mol. The highest BCUT2D eigenvalue weighted by Crippen LogP contribution is 2.17. The van der Waals surface area contributed by atoms with Crippen molar-refractivity contribution in [2.75, 3.05) is 0 Å². The maximum Gasteiger partial charge on any atom is 0.305 e. The van der Waals surface area contributed by atoms with E-state index >= 15 is 0 Å². The van der Waals surface area contributed by atoms with Crippen LogP contribution in [-0.4, -0.2) is 22.5 Å². The monoisotopic (exact) mass is 241 g/mol. The van der Waals surface area contributed by atoms with Crippen molar-refractivity contribution in [3.8, 4) is 0 Å². The van der Waals surface area contributed by atoms with Crippen molar-refractivity contribution in [1.82, 2.24) is 5.32 Å². The second-order valence-corrected chi connectivity index (χ2v) is 5.26. The van der Waals surface area contributed by atoms with Crippen LogP contribution in [0.5, 0.6) is 0 Å². The lowest BCUT2D eigenvalue weighted by atomic mass is 10.0. The number of rotatable bonds is 4. The maximum absolute atomic E-state index is 11.8. The molecule has 0 aromatic carbocycles. The van der Waals surface area contributed by atoms with Gasteiger partial charge in [-0.2, -0.15) is 0 Å². The van der Waals surface area contributed by atoms with Crippen molar-refractivity contribution in [1.29, 1.82) is 0 Å². The van der Waals surface area contributed by atoms with Crippen LogP contribution in [0.2, 0.25) is 0 Å². The van der Waals surface area contributed by atoms with E-state index in [-0.39, 0.29) is 12.3 Å². The number of hydrogen-bond donors (Lipinski definition) is 2. The Balaban J connectivity index is 2.71. The normalized spacial score (nSPS) is 11.2. The largest absolute Gasteiger partial charge is 0.481 e. The number of hydrogen-bond acceptors (Lipinski definition) is 3. The number of aryl methyl sites for hydroxylation is 1. The van der Waals surface area contributed by atoms with Gasteiger partial charge < -0.3 is 10.4 Å². The van der Waals surface area contributed by atoms with Gasteiger partial charge in [0.15, 0.2) is 0 Å². The van der Waals surface area contributed by atoms with Gasteiger partial charge in [-0.05, 0) is 37.8 Å². The first-order valence-electron chi connectivity index (χ1n) is 4.90. The van der Waals surface area contributed by atoms with Crippen molar-refractivity contribution in [3.05, 3.63) is 21.9 Å². The van der Waals surface area contributed by atoms with Gasteiger partial charge in [0.25, 0.3) is 5.91 Å². The molecule has 0 aliphatic carbocycles. The van der Waals surface area contributed by atoms with E-state index in [0.717, 1.165) is 5.56 Å². The lowest BCUT2D eigenvalue weighted by Gasteiger charge is -2.24. The Morgan fingerprint density at radius 2 is 2.12 bits per heavy atom. The molecule has 1 rings (SSSR count). The van der Waals surface area contributed by atoms with Gasteiger partial charge in [-0.1, -0.05) is 0 Å². The third-order valence-corrected chi connectivity index (χ3v) is 3.13. The predicted octanol–water partition coefficient (Wildman–Crippen LogP) is 2.04. The Morgan fingerprint density at radius 1 is 1.50 bits per heavy atom. The molecule has 2 N–H and O–H groups in total. The molecule has 1 amide bonds. The van der Waals surface area contributed by atoms with Crippen LogP contribution in [0, 0.1) is 6.92 Å². The standard InChI is InChI=1S/C11H15NO3S/c1-7-4-5-16-9(7)10(15)12-11(2,3)6-8(13)14/h4-5H,6H2,1-3H3,(H,12,15)(H,13,14). The molecule has 1 aromatic heterocycles. The highest BCUT2D eigenvalue weighted by atomic mass is 32.1. The predicted molar refractivity (Wildman–Crippen MR) is 62.9 cm³/mol. The quantitative estimate of drug-likeness (QED) is 0.847. The molecule has 0 aliphatic heterocycles. The van der Waals surface area contributed by atoms with Crippen LogP contribution in [0.1, 0.15) is 35.5 Å². The number of carboxylic acids is 1. The van der Waals surface area contributed by atoms with E-state index in [2.05, 4.69) is 5.32 Å². The van der Waals surface area contributed by atoms with Gasteiger partial charge in [-0.3, -0.25) is 9.59 Å². The van der Waals surface area contributed by atoms with E-state index < -0.39 is 11.5 Å². The zero-order valence-corrected chi connectivity index (χ0v) is 10.4. The molecule has 0 radical (unpaired) electrons. The average molecular weight is 241 g/mol. The fourth-order valence-electron chi connectivity index (χ4n) is 1.39. The first kappa shape index (κ1) is 12.7. The van der Waals surface area contributed by atoms with Crippen molar-refractivity contribution in [2.45, 2.75) is 32.7 Å². The van der Waals surface area contributed by atoms with Gasteiger partial charge in [-0.25, -0.2) is 0 Å². The average Bonchev–Trinajstić information content (AvgIpc) is 2.47. The Hall–Kier alpha value is -1.36. The molecule has 0 fully saturated rings. The number of nitrogens with one attached hydrogen (secondary N) is 1. The van der Waals surface area contributed by atoms with E-state index in [9.17, 15) is 9.59 Å². The van der Waals surface area contributed by atoms with Crippen LogP contribution < -0.4 is 5.32 Å². The van der Waals surface area contributed by atoms with Crippen molar-refractivity contribution in [2.24, 2.45) is 0 Å². The summed E-state index contributed by atoms with van der Waals surface area (Å²) in [5, 5.41) is 13.3. The summed E-state index contributed by atoms with van der Waals surface area (Å²) in [6, 6.07) is 1.86. The van der Waals surface area contributed by atoms with E-state index in [0.29, 0.717) is 4.88 Å². The summed E-state index contributed by atoms with van der Waals surface area (Å²) >= 11 is 1.36. The lowest BCUT2D eigenvalue weighted by molar-refractivity contribution is -0.138.